The van der Waals surface area contributed by atoms with E-state index in [1.807, 2.05) is 35.7 Å². The second-order valence-electron chi connectivity index (χ2n) is 5.37. The minimum Gasteiger partial charge on any atom is -0.332 e. The molecule has 2 aromatic carbocycles. The van der Waals surface area contributed by atoms with Gasteiger partial charge in [-0.05, 0) is 24.3 Å². The fraction of sp³-hybridized carbons (Fsp3) is 0.0556. The molecular weight excluding hydrogens is 369 g/mol. The number of rotatable bonds is 6. The minimum absolute atomic E-state index is 0.323. The molecule has 0 radical (unpaired) electrons. The zero-order chi connectivity index (χ0) is 17.8. The number of halogens is 1. The largest absolute Gasteiger partial charge is 0.332 e. The van der Waals surface area contributed by atoms with Crippen LogP contribution in [0.4, 0.5) is 15.2 Å². The van der Waals surface area contributed by atoms with Crippen LogP contribution < -0.4 is 5.32 Å². The van der Waals surface area contributed by atoms with Gasteiger partial charge in [-0.15, -0.1) is 16.4 Å². The number of para-hydroxylation sites is 1. The number of aromatic amines is 1. The Morgan fingerprint density at radius 2 is 1.85 bits per heavy atom. The zero-order valence-electron chi connectivity index (χ0n) is 13.5. The highest BCUT2D eigenvalue weighted by molar-refractivity contribution is 7.98. The van der Waals surface area contributed by atoms with E-state index in [-0.39, 0.29) is 5.82 Å². The molecule has 0 atom stereocenters. The van der Waals surface area contributed by atoms with Gasteiger partial charge in [0.25, 0.3) is 0 Å². The van der Waals surface area contributed by atoms with Crippen LogP contribution in [0.25, 0.3) is 11.4 Å². The van der Waals surface area contributed by atoms with Gasteiger partial charge in [-0.1, -0.05) is 42.1 Å². The first-order valence-electron chi connectivity index (χ1n) is 7.84. The van der Waals surface area contributed by atoms with E-state index in [1.54, 1.807) is 29.5 Å². The van der Waals surface area contributed by atoms with Gasteiger partial charge in [-0.3, -0.25) is 5.10 Å². The number of nitrogens with one attached hydrogen (secondary N) is 2. The first kappa shape index (κ1) is 16.7. The molecule has 0 fully saturated rings. The lowest BCUT2D eigenvalue weighted by Gasteiger charge is -2.00. The Morgan fingerprint density at radius 1 is 1.04 bits per heavy atom. The summed E-state index contributed by atoms with van der Waals surface area (Å²) in [6, 6.07) is 16.4. The monoisotopic (exact) mass is 383 g/mol. The second-order valence-corrected chi connectivity index (χ2v) is 7.17. The van der Waals surface area contributed by atoms with Crippen LogP contribution in [0.2, 0.25) is 0 Å². The maximum atomic E-state index is 13.8. The summed E-state index contributed by atoms with van der Waals surface area (Å²) in [5, 5.41) is 13.6. The Bertz CT molecular complexity index is 1000. The van der Waals surface area contributed by atoms with E-state index < -0.39 is 0 Å². The summed E-state index contributed by atoms with van der Waals surface area (Å²) < 4.78 is 13.8. The molecular formula is C18H14FN5S2. The lowest BCUT2D eigenvalue weighted by molar-refractivity contribution is 0.630. The third-order valence-corrected chi connectivity index (χ3v) is 5.21. The Hall–Kier alpha value is -2.71. The number of aromatic nitrogens is 4. The molecule has 0 aliphatic rings. The number of thioether (sulfide) groups is 1. The van der Waals surface area contributed by atoms with E-state index in [9.17, 15) is 4.39 Å². The maximum Gasteiger partial charge on any atom is 0.209 e. The van der Waals surface area contributed by atoms with Gasteiger partial charge >= 0.3 is 0 Å². The zero-order valence-corrected chi connectivity index (χ0v) is 15.1. The highest BCUT2D eigenvalue weighted by Crippen LogP contribution is 2.26. The molecule has 0 saturated heterocycles. The number of hydrogen-bond acceptors (Lipinski definition) is 6. The van der Waals surface area contributed by atoms with Gasteiger partial charge in [0, 0.05) is 16.8 Å². The van der Waals surface area contributed by atoms with E-state index in [1.165, 1.54) is 17.8 Å². The fourth-order valence-corrected chi connectivity index (χ4v) is 3.83. The number of anilines is 2. The van der Waals surface area contributed by atoms with Crippen LogP contribution in [0.1, 0.15) is 5.69 Å². The fourth-order valence-electron chi connectivity index (χ4n) is 2.30. The number of nitrogens with zero attached hydrogens (tertiary/aromatic N) is 3. The second kappa shape index (κ2) is 7.67. The molecule has 2 aromatic heterocycles. The third kappa shape index (κ3) is 3.92. The van der Waals surface area contributed by atoms with Crippen LogP contribution in [-0.4, -0.2) is 20.2 Å². The number of H-pyrrole nitrogens is 1. The Kier molecular flexibility index (Phi) is 4.94. The number of benzene rings is 2. The van der Waals surface area contributed by atoms with Crippen molar-refractivity contribution < 1.29 is 4.39 Å². The summed E-state index contributed by atoms with van der Waals surface area (Å²) in [6.07, 6.45) is 0. The van der Waals surface area contributed by atoms with Gasteiger partial charge in [0.2, 0.25) is 5.16 Å². The summed E-state index contributed by atoms with van der Waals surface area (Å²) in [7, 11) is 0. The third-order valence-electron chi connectivity index (χ3n) is 3.52. The van der Waals surface area contributed by atoms with Crippen molar-refractivity contribution in [3.8, 4) is 11.4 Å². The van der Waals surface area contributed by atoms with Crippen molar-refractivity contribution in [3.63, 3.8) is 0 Å². The predicted molar refractivity (Wildman–Crippen MR) is 103 cm³/mol. The molecule has 0 aliphatic carbocycles. The van der Waals surface area contributed by atoms with Gasteiger partial charge in [0.15, 0.2) is 11.0 Å². The van der Waals surface area contributed by atoms with Crippen LogP contribution in [0.5, 0.6) is 0 Å². The van der Waals surface area contributed by atoms with Gasteiger partial charge < -0.3 is 5.32 Å². The molecule has 2 N–H and O–H groups in total. The lowest BCUT2D eigenvalue weighted by Crippen LogP contribution is -1.89. The smallest absolute Gasteiger partial charge is 0.209 e. The van der Waals surface area contributed by atoms with E-state index in [0.29, 0.717) is 22.3 Å². The SMILES string of the molecule is Fc1ccccc1-c1nc(SCc2csc(Nc3ccccc3)n2)n[nH]1. The van der Waals surface area contributed by atoms with Gasteiger partial charge in [0.05, 0.1) is 11.3 Å². The van der Waals surface area contributed by atoms with Gasteiger partial charge in [-0.2, -0.15) is 0 Å². The summed E-state index contributed by atoms with van der Waals surface area (Å²) in [4.78, 5) is 8.91. The maximum absolute atomic E-state index is 13.8. The van der Waals surface area contributed by atoms with Crippen molar-refractivity contribution in [1.29, 1.82) is 0 Å². The molecule has 2 heterocycles. The van der Waals surface area contributed by atoms with Crippen molar-refractivity contribution in [2.45, 2.75) is 10.9 Å². The molecule has 4 rings (SSSR count). The molecule has 5 nitrogen and oxygen atoms in total. The Morgan fingerprint density at radius 3 is 2.69 bits per heavy atom. The standard InChI is InChI=1S/C18H14FN5S2/c19-15-9-5-4-8-14(15)16-22-18(24-23-16)26-11-13-10-25-17(21-13)20-12-6-2-1-3-7-12/h1-10H,11H2,(H,20,21)(H,22,23,24). The molecule has 0 unspecified atom stereocenters. The molecule has 4 aromatic rings. The summed E-state index contributed by atoms with van der Waals surface area (Å²) in [5.74, 6) is 0.744. The number of thiazole rings is 1. The van der Waals surface area contributed by atoms with Crippen LogP contribution in [0.15, 0.2) is 65.1 Å². The van der Waals surface area contributed by atoms with Gasteiger partial charge in [-0.25, -0.2) is 14.4 Å². The summed E-state index contributed by atoms with van der Waals surface area (Å²) in [5.41, 5.74) is 2.36. The van der Waals surface area contributed by atoms with Gasteiger partial charge in [0.1, 0.15) is 5.82 Å². The molecule has 0 spiro atoms. The average Bonchev–Trinajstić information content (AvgIpc) is 3.31. The Labute approximate surface area is 157 Å². The molecule has 0 bridgehead atoms. The molecule has 0 aliphatic heterocycles. The summed E-state index contributed by atoms with van der Waals surface area (Å²) >= 11 is 3.00. The van der Waals surface area contributed by atoms with E-state index in [2.05, 4.69) is 25.5 Å². The average molecular weight is 383 g/mol. The Balaban J connectivity index is 1.39. The number of hydrogen-bond donors (Lipinski definition) is 2. The van der Waals surface area contributed by atoms with E-state index in [4.69, 9.17) is 0 Å². The van der Waals surface area contributed by atoms with Crippen molar-refractivity contribution in [2.75, 3.05) is 5.32 Å². The van der Waals surface area contributed by atoms with E-state index in [0.717, 1.165) is 16.5 Å². The molecule has 0 amide bonds. The molecule has 8 heteroatoms. The van der Waals surface area contributed by atoms with Crippen LogP contribution >= 0.6 is 23.1 Å². The van der Waals surface area contributed by atoms with Crippen LogP contribution in [-0.2, 0) is 5.75 Å². The van der Waals surface area contributed by atoms with Crippen molar-refractivity contribution in [3.05, 3.63) is 71.5 Å². The molecule has 130 valence electrons. The lowest BCUT2D eigenvalue weighted by atomic mass is 10.2. The normalized spacial score (nSPS) is 10.8. The highest BCUT2D eigenvalue weighted by atomic mass is 32.2. The minimum atomic E-state index is -0.323. The van der Waals surface area contributed by atoms with Crippen molar-refractivity contribution in [1.82, 2.24) is 20.2 Å². The topological polar surface area (TPSA) is 66.5 Å². The quantitative estimate of drug-likeness (QED) is 0.453. The highest BCUT2D eigenvalue weighted by Gasteiger charge is 2.11. The summed E-state index contributed by atoms with van der Waals surface area (Å²) in [6.45, 7) is 0. The van der Waals surface area contributed by atoms with E-state index >= 15 is 0 Å². The molecule has 0 saturated carbocycles. The predicted octanol–water partition coefficient (Wildman–Crippen LogP) is 5.10. The molecule has 26 heavy (non-hydrogen) atoms. The van der Waals surface area contributed by atoms with Crippen LogP contribution in [0.3, 0.4) is 0 Å². The first-order valence-corrected chi connectivity index (χ1v) is 9.71. The van der Waals surface area contributed by atoms with Crippen molar-refractivity contribution in [2.24, 2.45) is 0 Å². The first-order chi connectivity index (χ1) is 12.8. The van der Waals surface area contributed by atoms with Crippen molar-refractivity contribution >= 4 is 33.9 Å². The van der Waals surface area contributed by atoms with Crippen LogP contribution in [0, 0.1) is 5.82 Å².